The van der Waals surface area contributed by atoms with Crippen LogP contribution in [0.3, 0.4) is 0 Å². The third-order valence-electron chi connectivity index (χ3n) is 4.88. The van der Waals surface area contributed by atoms with E-state index in [0.29, 0.717) is 11.7 Å². The van der Waals surface area contributed by atoms with E-state index in [4.69, 9.17) is 4.42 Å². The molecule has 1 aromatic heterocycles. The molecule has 1 N–H and O–H groups in total. The monoisotopic (exact) mass is 314 g/mol. The van der Waals surface area contributed by atoms with Gasteiger partial charge in [0.2, 0.25) is 5.76 Å². The normalized spacial score (nSPS) is 23.9. The second kappa shape index (κ2) is 5.80. The molecule has 2 aromatic rings. The van der Waals surface area contributed by atoms with Crippen LogP contribution in [0.2, 0.25) is 0 Å². The van der Waals surface area contributed by atoms with Crippen LogP contribution in [0.25, 0.3) is 0 Å². The summed E-state index contributed by atoms with van der Waals surface area (Å²) in [6.07, 6.45) is 6.01. The SMILES string of the molecule is O=C(N[C@@H]1CC[C@H](c2ccccc2F)C1)c1ocnc1C1CC1. The van der Waals surface area contributed by atoms with Crippen LogP contribution >= 0.6 is 0 Å². The minimum Gasteiger partial charge on any atom is -0.438 e. The highest BCUT2D eigenvalue weighted by Gasteiger charge is 2.34. The molecule has 2 fully saturated rings. The second-order valence-electron chi connectivity index (χ2n) is 6.54. The molecule has 5 heteroatoms. The molecular formula is C18H19FN2O2. The number of amides is 1. The molecule has 4 rings (SSSR count). The number of hydrogen-bond acceptors (Lipinski definition) is 3. The quantitative estimate of drug-likeness (QED) is 0.935. The smallest absolute Gasteiger partial charge is 0.289 e. The van der Waals surface area contributed by atoms with E-state index in [1.807, 2.05) is 12.1 Å². The molecule has 1 amide bonds. The first kappa shape index (κ1) is 14.4. The molecule has 0 unspecified atom stereocenters. The molecule has 120 valence electrons. The van der Waals surface area contributed by atoms with Gasteiger partial charge in [0.1, 0.15) is 5.82 Å². The van der Waals surface area contributed by atoms with E-state index in [9.17, 15) is 9.18 Å². The van der Waals surface area contributed by atoms with E-state index in [-0.39, 0.29) is 23.7 Å². The summed E-state index contributed by atoms with van der Waals surface area (Å²) < 4.78 is 19.2. The highest BCUT2D eigenvalue weighted by molar-refractivity contribution is 5.92. The van der Waals surface area contributed by atoms with Crippen LogP contribution in [0.5, 0.6) is 0 Å². The Hall–Kier alpha value is -2.17. The van der Waals surface area contributed by atoms with E-state index in [1.54, 1.807) is 6.07 Å². The third kappa shape index (κ3) is 2.87. The van der Waals surface area contributed by atoms with Crippen LogP contribution in [0.15, 0.2) is 35.1 Å². The Kier molecular flexibility index (Phi) is 3.63. The molecule has 1 heterocycles. The van der Waals surface area contributed by atoms with Crippen molar-refractivity contribution in [1.29, 1.82) is 0 Å². The number of rotatable bonds is 4. The van der Waals surface area contributed by atoms with Gasteiger partial charge < -0.3 is 9.73 Å². The van der Waals surface area contributed by atoms with Crippen molar-refractivity contribution in [3.63, 3.8) is 0 Å². The number of nitrogens with zero attached hydrogens (tertiary/aromatic N) is 1. The zero-order valence-corrected chi connectivity index (χ0v) is 12.8. The maximum absolute atomic E-state index is 13.9. The number of halogens is 1. The minimum absolute atomic E-state index is 0.0595. The number of aromatic nitrogens is 1. The topological polar surface area (TPSA) is 55.1 Å². The van der Waals surface area contributed by atoms with Crippen molar-refractivity contribution in [1.82, 2.24) is 10.3 Å². The number of nitrogens with one attached hydrogen (secondary N) is 1. The average Bonchev–Trinajstić information content (AvgIpc) is 3.09. The first-order valence-electron chi connectivity index (χ1n) is 8.21. The van der Waals surface area contributed by atoms with Gasteiger partial charge in [-0.1, -0.05) is 18.2 Å². The summed E-state index contributed by atoms with van der Waals surface area (Å²) >= 11 is 0. The van der Waals surface area contributed by atoms with Gasteiger partial charge in [0.15, 0.2) is 6.39 Å². The van der Waals surface area contributed by atoms with Crippen LogP contribution in [0, 0.1) is 5.82 Å². The third-order valence-corrected chi connectivity index (χ3v) is 4.88. The minimum atomic E-state index is -0.191. The Balaban J connectivity index is 1.41. The maximum atomic E-state index is 13.9. The molecule has 23 heavy (non-hydrogen) atoms. The molecule has 0 radical (unpaired) electrons. The molecule has 0 saturated heterocycles. The van der Waals surface area contributed by atoms with Crippen molar-refractivity contribution >= 4 is 5.91 Å². The molecule has 4 nitrogen and oxygen atoms in total. The fourth-order valence-corrected chi connectivity index (χ4v) is 3.52. The van der Waals surface area contributed by atoms with Gasteiger partial charge in [-0.2, -0.15) is 0 Å². The number of hydrogen-bond donors (Lipinski definition) is 1. The lowest BCUT2D eigenvalue weighted by atomic mass is 9.97. The van der Waals surface area contributed by atoms with Crippen LogP contribution in [0.1, 0.15) is 65.8 Å². The summed E-state index contributed by atoms with van der Waals surface area (Å²) in [5, 5.41) is 3.03. The van der Waals surface area contributed by atoms with E-state index >= 15 is 0 Å². The van der Waals surface area contributed by atoms with Crippen molar-refractivity contribution < 1.29 is 13.6 Å². The molecule has 2 aliphatic carbocycles. The highest BCUT2D eigenvalue weighted by atomic mass is 19.1. The number of oxazole rings is 1. The number of benzene rings is 1. The standard InChI is InChI=1S/C18H19FN2O2/c19-15-4-2-1-3-14(15)12-7-8-13(9-12)21-18(22)17-16(11-5-6-11)20-10-23-17/h1-4,10-13H,5-9H2,(H,21,22)/t12-,13+/m0/s1. The van der Waals surface area contributed by atoms with Crippen molar-refractivity contribution in [2.24, 2.45) is 0 Å². The molecule has 2 atom stereocenters. The first-order valence-corrected chi connectivity index (χ1v) is 8.21. The summed E-state index contributed by atoms with van der Waals surface area (Å²) in [7, 11) is 0. The Morgan fingerprint density at radius 1 is 1.17 bits per heavy atom. The van der Waals surface area contributed by atoms with Gasteiger partial charge in [-0.25, -0.2) is 9.37 Å². The van der Waals surface area contributed by atoms with Crippen molar-refractivity contribution in [3.05, 3.63) is 53.5 Å². The van der Waals surface area contributed by atoms with Crippen molar-refractivity contribution in [2.75, 3.05) is 0 Å². The summed E-state index contributed by atoms with van der Waals surface area (Å²) in [6, 6.07) is 6.96. The summed E-state index contributed by atoms with van der Waals surface area (Å²) in [4.78, 5) is 16.6. The van der Waals surface area contributed by atoms with E-state index in [1.165, 1.54) is 12.5 Å². The summed E-state index contributed by atoms with van der Waals surface area (Å²) in [5.41, 5.74) is 1.54. The zero-order chi connectivity index (χ0) is 15.8. The second-order valence-corrected chi connectivity index (χ2v) is 6.54. The largest absolute Gasteiger partial charge is 0.438 e. The predicted octanol–water partition coefficient (Wildman–Crippen LogP) is 3.76. The molecule has 0 aliphatic heterocycles. The van der Waals surface area contributed by atoms with Crippen molar-refractivity contribution in [2.45, 2.75) is 50.0 Å². The molecule has 0 bridgehead atoms. The Morgan fingerprint density at radius 3 is 2.74 bits per heavy atom. The summed E-state index contributed by atoms with van der Waals surface area (Å²) in [5.74, 6) is 0.546. The van der Waals surface area contributed by atoms with Gasteiger partial charge in [0.05, 0.1) is 5.69 Å². The van der Waals surface area contributed by atoms with E-state index in [2.05, 4.69) is 10.3 Å². The Morgan fingerprint density at radius 2 is 1.96 bits per heavy atom. The number of carbonyl (C=O) groups excluding carboxylic acids is 1. The average molecular weight is 314 g/mol. The van der Waals surface area contributed by atoms with Crippen LogP contribution in [0.4, 0.5) is 4.39 Å². The van der Waals surface area contributed by atoms with Gasteiger partial charge in [0.25, 0.3) is 5.91 Å². The predicted molar refractivity (Wildman–Crippen MR) is 82.7 cm³/mol. The maximum Gasteiger partial charge on any atom is 0.289 e. The lowest BCUT2D eigenvalue weighted by Gasteiger charge is -2.13. The lowest BCUT2D eigenvalue weighted by molar-refractivity contribution is 0.0908. The molecule has 2 saturated carbocycles. The molecular weight excluding hydrogens is 295 g/mol. The van der Waals surface area contributed by atoms with Gasteiger partial charge in [-0.15, -0.1) is 0 Å². The molecule has 1 aromatic carbocycles. The van der Waals surface area contributed by atoms with Crippen LogP contribution < -0.4 is 5.32 Å². The Labute approximate surface area is 134 Å². The molecule has 0 spiro atoms. The van der Waals surface area contributed by atoms with Crippen LogP contribution in [-0.4, -0.2) is 16.9 Å². The van der Waals surface area contributed by atoms with Gasteiger partial charge in [-0.05, 0) is 49.7 Å². The van der Waals surface area contributed by atoms with Crippen molar-refractivity contribution in [3.8, 4) is 0 Å². The van der Waals surface area contributed by atoms with E-state index in [0.717, 1.165) is 43.4 Å². The zero-order valence-electron chi connectivity index (χ0n) is 12.8. The fraction of sp³-hybridized carbons (Fsp3) is 0.444. The first-order chi connectivity index (χ1) is 11.2. The van der Waals surface area contributed by atoms with Crippen LogP contribution in [-0.2, 0) is 0 Å². The lowest BCUT2D eigenvalue weighted by Crippen LogP contribution is -2.33. The van der Waals surface area contributed by atoms with Gasteiger partial charge in [-0.3, -0.25) is 4.79 Å². The fourth-order valence-electron chi connectivity index (χ4n) is 3.52. The highest BCUT2D eigenvalue weighted by Crippen LogP contribution is 2.41. The van der Waals surface area contributed by atoms with E-state index < -0.39 is 0 Å². The number of carbonyl (C=O) groups is 1. The van der Waals surface area contributed by atoms with Gasteiger partial charge >= 0.3 is 0 Å². The molecule has 2 aliphatic rings. The van der Waals surface area contributed by atoms with Gasteiger partial charge in [0, 0.05) is 12.0 Å². The summed E-state index contributed by atoms with van der Waals surface area (Å²) in [6.45, 7) is 0. The Bertz CT molecular complexity index is 723.